The molecule has 0 radical (unpaired) electrons. The van der Waals surface area contributed by atoms with Gasteiger partial charge in [-0.05, 0) is 5.56 Å². The third kappa shape index (κ3) is 4.80. The minimum atomic E-state index is -4.19. The minimum Gasteiger partial charge on any atom is -0.386 e. The summed E-state index contributed by atoms with van der Waals surface area (Å²) in [5.74, 6) is 0. The van der Waals surface area contributed by atoms with Crippen molar-refractivity contribution >= 4 is 5.70 Å². The fraction of sp³-hybridized carbons (Fsp3) is 0.333. The van der Waals surface area contributed by atoms with Crippen molar-refractivity contribution in [2.45, 2.75) is 6.18 Å². The number of rotatable bonds is 4. The van der Waals surface area contributed by atoms with E-state index in [1.165, 1.54) is 13.2 Å². The zero-order valence-corrected chi connectivity index (χ0v) is 9.75. The van der Waals surface area contributed by atoms with E-state index in [2.05, 4.69) is 5.32 Å². The van der Waals surface area contributed by atoms with Gasteiger partial charge in [0.05, 0.1) is 5.70 Å². The Kier molecular flexibility index (Phi) is 4.43. The van der Waals surface area contributed by atoms with E-state index in [1.54, 1.807) is 7.05 Å². The summed E-state index contributed by atoms with van der Waals surface area (Å²) in [4.78, 5) is 1.11. The number of benzene rings is 1. The molecule has 1 N–H and O–H groups in total. The Morgan fingerprint density at radius 3 is 2.35 bits per heavy atom. The van der Waals surface area contributed by atoms with Crippen LogP contribution in [0.3, 0.4) is 0 Å². The molecule has 0 amide bonds. The molecule has 1 aromatic rings. The van der Waals surface area contributed by atoms with Crippen LogP contribution in [0.25, 0.3) is 5.70 Å². The van der Waals surface area contributed by atoms with Gasteiger partial charge in [0.25, 0.3) is 0 Å². The first-order valence-corrected chi connectivity index (χ1v) is 5.14. The van der Waals surface area contributed by atoms with E-state index in [0.29, 0.717) is 5.70 Å². The SMILES string of the molecule is CN/C(=C\N(C)CC(F)(F)F)c1ccccc1. The smallest absolute Gasteiger partial charge is 0.386 e. The van der Waals surface area contributed by atoms with E-state index < -0.39 is 12.7 Å². The molecule has 0 aliphatic rings. The van der Waals surface area contributed by atoms with Crippen molar-refractivity contribution in [3.8, 4) is 0 Å². The number of alkyl halides is 3. The van der Waals surface area contributed by atoms with Crippen LogP contribution in [-0.4, -0.2) is 31.7 Å². The van der Waals surface area contributed by atoms with Crippen molar-refractivity contribution in [2.24, 2.45) is 0 Å². The lowest BCUT2D eigenvalue weighted by atomic mass is 10.2. The molecular formula is C12H15F3N2. The van der Waals surface area contributed by atoms with Crippen molar-refractivity contribution in [3.63, 3.8) is 0 Å². The number of hydrogen-bond acceptors (Lipinski definition) is 2. The fourth-order valence-electron chi connectivity index (χ4n) is 1.45. The second-order valence-corrected chi connectivity index (χ2v) is 3.69. The molecule has 0 aromatic heterocycles. The molecule has 1 aromatic carbocycles. The fourth-order valence-corrected chi connectivity index (χ4v) is 1.45. The van der Waals surface area contributed by atoms with Gasteiger partial charge in [0.2, 0.25) is 0 Å². The lowest BCUT2D eigenvalue weighted by molar-refractivity contribution is -0.137. The summed E-state index contributed by atoms with van der Waals surface area (Å²) in [6, 6.07) is 9.21. The molecule has 2 nitrogen and oxygen atoms in total. The van der Waals surface area contributed by atoms with Gasteiger partial charge in [0.15, 0.2) is 0 Å². The van der Waals surface area contributed by atoms with Crippen LogP contribution in [0.2, 0.25) is 0 Å². The Morgan fingerprint density at radius 2 is 1.88 bits per heavy atom. The van der Waals surface area contributed by atoms with Crippen molar-refractivity contribution in [1.29, 1.82) is 0 Å². The molecule has 5 heteroatoms. The lowest BCUT2D eigenvalue weighted by Gasteiger charge is -2.18. The summed E-state index contributed by atoms with van der Waals surface area (Å²) in [7, 11) is 3.08. The average molecular weight is 244 g/mol. The predicted octanol–water partition coefficient (Wildman–Crippen LogP) is 2.70. The van der Waals surface area contributed by atoms with Gasteiger partial charge < -0.3 is 10.2 Å². The average Bonchev–Trinajstić information content (AvgIpc) is 2.24. The topological polar surface area (TPSA) is 15.3 Å². The van der Waals surface area contributed by atoms with Gasteiger partial charge in [-0.25, -0.2) is 0 Å². The first-order chi connectivity index (χ1) is 7.92. The molecule has 0 atom stereocenters. The third-order valence-corrected chi connectivity index (χ3v) is 2.13. The molecule has 0 saturated carbocycles. The van der Waals surface area contributed by atoms with E-state index in [4.69, 9.17) is 0 Å². The van der Waals surface area contributed by atoms with Crippen molar-refractivity contribution in [1.82, 2.24) is 10.2 Å². The number of halogens is 3. The maximum atomic E-state index is 12.2. The molecular weight excluding hydrogens is 229 g/mol. The van der Waals surface area contributed by atoms with E-state index in [9.17, 15) is 13.2 Å². The van der Waals surface area contributed by atoms with Gasteiger partial charge in [-0.3, -0.25) is 0 Å². The number of nitrogens with zero attached hydrogens (tertiary/aromatic N) is 1. The number of nitrogens with one attached hydrogen (secondary N) is 1. The van der Waals surface area contributed by atoms with Crippen molar-refractivity contribution in [3.05, 3.63) is 42.1 Å². The highest BCUT2D eigenvalue weighted by Crippen LogP contribution is 2.17. The van der Waals surface area contributed by atoms with Crippen LogP contribution in [0.15, 0.2) is 36.5 Å². The lowest BCUT2D eigenvalue weighted by Crippen LogP contribution is -2.28. The van der Waals surface area contributed by atoms with E-state index in [0.717, 1.165) is 10.5 Å². The maximum absolute atomic E-state index is 12.2. The molecule has 0 heterocycles. The van der Waals surface area contributed by atoms with Crippen molar-refractivity contribution in [2.75, 3.05) is 20.6 Å². The standard InChI is InChI=1S/C12H15F3N2/c1-16-11(10-6-4-3-5-7-10)8-17(2)9-12(13,14)15/h3-8,16H,9H2,1-2H3/b11-8-. The van der Waals surface area contributed by atoms with Crippen LogP contribution in [-0.2, 0) is 0 Å². The molecule has 0 aliphatic carbocycles. The Bertz CT molecular complexity index is 371. The summed E-state index contributed by atoms with van der Waals surface area (Å²) < 4.78 is 36.5. The highest BCUT2D eigenvalue weighted by Gasteiger charge is 2.28. The van der Waals surface area contributed by atoms with Gasteiger partial charge in [0.1, 0.15) is 6.54 Å². The van der Waals surface area contributed by atoms with Gasteiger partial charge in [-0.15, -0.1) is 0 Å². The molecule has 94 valence electrons. The van der Waals surface area contributed by atoms with Gasteiger partial charge in [-0.2, -0.15) is 13.2 Å². The normalized spacial score (nSPS) is 12.4. The van der Waals surface area contributed by atoms with Crippen LogP contribution in [0.1, 0.15) is 5.56 Å². The zero-order chi connectivity index (χ0) is 12.9. The maximum Gasteiger partial charge on any atom is 0.405 e. The summed E-state index contributed by atoms with van der Waals surface area (Å²) in [6.45, 7) is -0.967. The van der Waals surface area contributed by atoms with Crippen LogP contribution < -0.4 is 5.32 Å². The molecule has 17 heavy (non-hydrogen) atoms. The van der Waals surface area contributed by atoms with E-state index in [-0.39, 0.29) is 0 Å². The van der Waals surface area contributed by atoms with Gasteiger partial charge >= 0.3 is 6.18 Å². The largest absolute Gasteiger partial charge is 0.405 e. The van der Waals surface area contributed by atoms with E-state index >= 15 is 0 Å². The Balaban J connectivity index is 2.81. The van der Waals surface area contributed by atoms with Gasteiger partial charge in [0, 0.05) is 20.3 Å². The third-order valence-electron chi connectivity index (χ3n) is 2.13. The summed E-state index contributed by atoms with van der Waals surface area (Å²) >= 11 is 0. The molecule has 0 unspecified atom stereocenters. The van der Waals surface area contributed by atoms with E-state index in [1.807, 2.05) is 30.3 Å². The first-order valence-electron chi connectivity index (χ1n) is 5.14. The number of hydrogen-bond donors (Lipinski definition) is 1. The Hall–Kier alpha value is -1.65. The van der Waals surface area contributed by atoms with Crippen LogP contribution in [0, 0.1) is 0 Å². The first kappa shape index (κ1) is 13.4. The van der Waals surface area contributed by atoms with Crippen LogP contribution >= 0.6 is 0 Å². The highest BCUT2D eigenvalue weighted by molar-refractivity contribution is 5.63. The summed E-state index contributed by atoms with van der Waals surface area (Å²) in [5, 5.41) is 2.89. The Labute approximate surface area is 98.7 Å². The molecule has 0 saturated heterocycles. The zero-order valence-electron chi connectivity index (χ0n) is 9.75. The summed E-state index contributed by atoms with van der Waals surface area (Å²) in [6.07, 6.45) is -2.75. The monoisotopic (exact) mass is 244 g/mol. The summed E-state index contributed by atoms with van der Waals surface area (Å²) in [5.41, 5.74) is 1.50. The van der Waals surface area contributed by atoms with Gasteiger partial charge in [-0.1, -0.05) is 30.3 Å². The molecule has 0 fully saturated rings. The molecule has 0 spiro atoms. The predicted molar refractivity (Wildman–Crippen MR) is 62.2 cm³/mol. The molecule has 0 aliphatic heterocycles. The second-order valence-electron chi connectivity index (χ2n) is 3.69. The van der Waals surface area contributed by atoms with Crippen LogP contribution in [0.4, 0.5) is 13.2 Å². The second kappa shape index (κ2) is 5.61. The van der Waals surface area contributed by atoms with Crippen molar-refractivity contribution < 1.29 is 13.2 Å². The quantitative estimate of drug-likeness (QED) is 0.876. The molecule has 0 bridgehead atoms. The Morgan fingerprint density at radius 1 is 1.29 bits per heavy atom. The highest BCUT2D eigenvalue weighted by atomic mass is 19.4. The molecule has 1 rings (SSSR count). The minimum absolute atomic E-state index is 0.650. The van der Waals surface area contributed by atoms with Crippen LogP contribution in [0.5, 0.6) is 0 Å².